The van der Waals surface area contributed by atoms with E-state index in [1.807, 2.05) is 12.1 Å². The van der Waals surface area contributed by atoms with Gasteiger partial charge in [0.1, 0.15) is 23.0 Å². The number of fused-ring (bicyclic) bond motifs is 2. The Bertz CT molecular complexity index is 1540. The normalized spacial score (nSPS) is 15.5. The molecule has 0 fully saturated rings. The van der Waals surface area contributed by atoms with E-state index < -0.39 is 24.5 Å². The van der Waals surface area contributed by atoms with Crippen molar-refractivity contribution in [2.75, 3.05) is 0 Å². The Morgan fingerprint density at radius 2 is 0.765 bits per heavy atom. The molecule has 0 atom stereocenters. The first-order valence-corrected chi connectivity index (χ1v) is 10.0. The lowest BCUT2D eigenvalue weighted by atomic mass is 9.88. The summed E-state index contributed by atoms with van der Waals surface area (Å²) < 4.78 is 31.0. The molecule has 0 saturated carbocycles. The molecule has 0 saturated heterocycles. The van der Waals surface area contributed by atoms with E-state index in [4.69, 9.17) is 34.5 Å². The van der Waals surface area contributed by atoms with Crippen LogP contribution in [-0.4, -0.2) is 24.5 Å². The molecule has 2 N–H and O–H groups in total. The molecule has 0 bridgehead atoms. The molecule has 0 amide bonds. The Balaban J connectivity index is 1.68. The second kappa shape index (κ2) is 6.23. The van der Waals surface area contributed by atoms with Crippen LogP contribution >= 0.6 is 0 Å². The van der Waals surface area contributed by atoms with E-state index in [2.05, 4.69) is 4.74 Å². The quantitative estimate of drug-likeness (QED) is 0.104. The topological polar surface area (TPSA) is 137 Å². The third kappa shape index (κ3) is 2.39. The lowest BCUT2D eigenvalue weighted by molar-refractivity contribution is 0.0880. The van der Waals surface area contributed by atoms with Crippen molar-refractivity contribution < 1.29 is 38.0 Å². The first kappa shape index (κ1) is 18.5. The van der Waals surface area contributed by atoms with Gasteiger partial charge in [0, 0.05) is 10.8 Å². The van der Waals surface area contributed by atoms with Crippen LogP contribution in [0.15, 0.2) is 48.5 Å². The highest BCUT2D eigenvalue weighted by Crippen LogP contribution is 2.49. The van der Waals surface area contributed by atoms with E-state index in [0.717, 1.165) is 32.3 Å². The van der Waals surface area contributed by atoms with Crippen LogP contribution in [0, 0.1) is 10.8 Å². The Morgan fingerprint density at radius 3 is 1.15 bits per heavy atom. The first-order chi connectivity index (χ1) is 16.5. The number of cyclic esters (lactones) is 2. The molecule has 0 spiro atoms. The maximum atomic E-state index is 11.9. The Hall–Kier alpha value is -5.12. The lowest BCUT2D eigenvalue weighted by Crippen LogP contribution is -2.22. The van der Waals surface area contributed by atoms with Crippen molar-refractivity contribution in [3.63, 3.8) is 0 Å². The van der Waals surface area contributed by atoms with Gasteiger partial charge in [-0.2, -0.15) is 0 Å². The van der Waals surface area contributed by atoms with Gasteiger partial charge in [0.25, 0.3) is 0 Å². The van der Waals surface area contributed by atoms with Crippen LogP contribution in [0.2, 0.25) is 0 Å². The number of hydrogen-bond donors (Lipinski definition) is 2. The minimum atomic E-state index is -1.18. The van der Waals surface area contributed by atoms with Crippen molar-refractivity contribution in [1.82, 2.24) is 0 Å². The van der Waals surface area contributed by atoms with Gasteiger partial charge in [0.05, 0.1) is 10.8 Å². The van der Waals surface area contributed by atoms with E-state index in [1.54, 1.807) is 36.4 Å². The third-order valence-corrected chi connectivity index (χ3v) is 5.89. The second-order valence-corrected chi connectivity index (χ2v) is 7.63. The fraction of sp³-hybridized carbons (Fsp3) is 0. The van der Waals surface area contributed by atoms with Crippen LogP contribution in [0.1, 0.15) is 0 Å². The van der Waals surface area contributed by atoms with Crippen LogP contribution in [0.3, 0.4) is 0 Å². The number of ether oxygens (including phenoxy) is 6. The zero-order valence-corrected chi connectivity index (χ0v) is 16.9. The van der Waals surface area contributed by atoms with Crippen molar-refractivity contribution in [1.29, 1.82) is 10.8 Å². The van der Waals surface area contributed by atoms with Gasteiger partial charge < -0.3 is 28.4 Å². The zero-order valence-electron chi connectivity index (χ0n) is 16.9. The SMILES string of the molecule is N=C1OC(=N)Oc2ccc3c4ccc5c6c(ccc(c7ccc(c2c73)O1)c64)OC(=O)OC(=O)O5. The van der Waals surface area contributed by atoms with Crippen molar-refractivity contribution in [2.45, 2.75) is 0 Å². The molecule has 2 aliphatic rings. The summed E-state index contributed by atoms with van der Waals surface area (Å²) in [6.07, 6.45) is -3.52. The van der Waals surface area contributed by atoms with E-state index in [0.29, 0.717) is 22.3 Å². The van der Waals surface area contributed by atoms with Gasteiger partial charge in [-0.25, -0.2) is 20.4 Å². The van der Waals surface area contributed by atoms with Crippen LogP contribution in [0.4, 0.5) is 9.59 Å². The summed E-state index contributed by atoms with van der Waals surface area (Å²) in [5.74, 6) is 1.08. The molecule has 34 heavy (non-hydrogen) atoms. The predicted molar refractivity (Wildman–Crippen MR) is 119 cm³/mol. The highest BCUT2D eigenvalue weighted by Gasteiger charge is 2.28. The monoisotopic (exact) mass is 454 g/mol. The third-order valence-electron chi connectivity index (χ3n) is 5.89. The van der Waals surface area contributed by atoms with E-state index >= 15 is 0 Å². The molecular formula is C24H10N2O8. The fourth-order valence-electron chi connectivity index (χ4n) is 4.72. The average molecular weight is 454 g/mol. The van der Waals surface area contributed by atoms with Crippen LogP contribution < -0.4 is 18.9 Å². The summed E-state index contributed by atoms with van der Waals surface area (Å²) >= 11 is 0. The Morgan fingerprint density at radius 1 is 0.412 bits per heavy atom. The number of benzene rings is 5. The number of carbonyl (C=O) groups is 2. The minimum Gasteiger partial charge on any atom is -0.410 e. The van der Waals surface area contributed by atoms with Crippen LogP contribution in [-0.2, 0) is 9.47 Å². The van der Waals surface area contributed by atoms with Gasteiger partial charge in [-0.15, -0.1) is 0 Å². The Kier molecular flexibility index (Phi) is 3.38. The lowest BCUT2D eigenvalue weighted by Gasteiger charge is -2.22. The molecule has 164 valence electrons. The number of carbonyl (C=O) groups excluding carboxylic acids is 2. The summed E-state index contributed by atoms with van der Waals surface area (Å²) in [5, 5.41) is 21.4. The predicted octanol–water partition coefficient (Wildman–Crippen LogP) is 5.42. The molecular weight excluding hydrogens is 444 g/mol. The molecule has 2 aliphatic heterocycles. The van der Waals surface area contributed by atoms with Gasteiger partial charge >= 0.3 is 24.5 Å². The largest absolute Gasteiger partial charge is 0.524 e. The van der Waals surface area contributed by atoms with Gasteiger partial charge in [-0.05, 0) is 70.1 Å². The first-order valence-electron chi connectivity index (χ1n) is 10.0. The van der Waals surface area contributed by atoms with E-state index in [-0.39, 0.29) is 11.5 Å². The maximum Gasteiger partial charge on any atom is 0.524 e. The molecule has 5 aromatic rings. The summed E-state index contributed by atoms with van der Waals surface area (Å²) in [6.45, 7) is 0. The molecule has 7 rings (SSSR count). The summed E-state index contributed by atoms with van der Waals surface area (Å²) in [4.78, 5) is 23.8. The zero-order chi connectivity index (χ0) is 23.1. The summed E-state index contributed by atoms with van der Waals surface area (Å²) in [6, 6.07) is 13.9. The van der Waals surface area contributed by atoms with Gasteiger partial charge in [-0.1, -0.05) is 0 Å². The minimum absolute atomic E-state index is 0.196. The van der Waals surface area contributed by atoms with Gasteiger partial charge in [0.2, 0.25) is 0 Å². The smallest absolute Gasteiger partial charge is 0.410 e. The summed E-state index contributed by atoms with van der Waals surface area (Å²) in [5.41, 5.74) is 0. The highest BCUT2D eigenvalue weighted by atomic mass is 16.8. The molecule has 0 unspecified atom stereocenters. The van der Waals surface area contributed by atoms with Gasteiger partial charge in [0.15, 0.2) is 0 Å². The average Bonchev–Trinajstić information content (AvgIpc) is 2.78. The molecule has 10 nitrogen and oxygen atoms in total. The number of nitrogens with one attached hydrogen (secondary N) is 2. The fourth-order valence-corrected chi connectivity index (χ4v) is 4.72. The van der Waals surface area contributed by atoms with Crippen molar-refractivity contribution >= 4 is 67.6 Å². The number of rotatable bonds is 0. The van der Waals surface area contributed by atoms with Crippen molar-refractivity contribution in [3.05, 3.63) is 48.5 Å². The van der Waals surface area contributed by atoms with Crippen molar-refractivity contribution in [2.24, 2.45) is 0 Å². The van der Waals surface area contributed by atoms with Crippen LogP contribution in [0.25, 0.3) is 43.1 Å². The number of hydrogen-bond acceptors (Lipinski definition) is 10. The molecule has 10 heteroatoms. The maximum absolute atomic E-state index is 11.9. The summed E-state index contributed by atoms with van der Waals surface area (Å²) in [7, 11) is 0. The van der Waals surface area contributed by atoms with Crippen molar-refractivity contribution in [3.8, 4) is 23.0 Å². The molecule has 5 aromatic carbocycles. The Labute approximate surface area is 188 Å². The van der Waals surface area contributed by atoms with Gasteiger partial charge in [-0.3, -0.25) is 0 Å². The van der Waals surface area contributed by atoms with E-state index in [1.165, 1.54) is 0 Å². The standard InChI is InChI=1S/C24H10N2O8/c25-21-29-13-5-1-9-11-3-7-15-20-16(32-24(28)34-23(27)31-15)8-4-12(18(11)20)10-2-6-14(19(13)17(9)10)30-22(26)33-21/h1-8,25-26H. The highest BCUT2D eigenvalue weighted by molar-refractivity contribution is 6.35. The molecule has 0 aliphatic carbocycles. The molecule has 0 aromatic heterocycles. The second-order valence-electron chi connectivity index (χ2n) is 7.63. The van der Waals surface area contributed by atoms with Crippen LogP contribution in [0.5, 0.6) is 23.0 Å². The molecule has 2 heterocycles. The molecule has 0 radical (unpaired) electrons. The van der Waals surface area contributed by atoms with E-state index in [9.17, 15) is 9.59 Å².